The van der Waals surface area contributed by atoms with Crippen LogP contribution in [0.4, 0.5) is 0 Å². The van der Waals surface area contributed by atoms with Crippen LogP contribution < -0.4 is 5.32 Å². The Morgan fingerprint density at radius 2 is 2.56 bits per heavy atom. The summed E-state index contributed by atoms with van der Waals surface area (Å²) in [6, 6.07) is 1.82. The van der Waals surface area contributed by atoms with Gasteiger partial charge < -0.3 is 5.32 Å². The highest BCUT2D eigenvalue weighted by Crippen LogP contribution is 1.96. The van der Waals surface area contributed by atoms with Crippen LogP contribution in [0.25, 0.3) is 0 Å². The van der Waals surface area contributed by atoms with E-state index in [1.165, 1.54) is 0 Å². The Bertz CT molecular complexity index is 138. The zero-order valence-electron chi connectivity index (χ0n) is 5.02. The number of alkyl halides is 1. The number of rotatable bonds is 2. The van der Waals surface area contributed by atoms with Crippen LogP contribution in [0.5, 0.6) is 0 Å². The predicted molar refractivity (Wildman–Crippen MR) is 42.1 cm³/mol. The first kappa shape index (κ1) is 8.69. The van der Waals surface area contributed by atoms with E-state index in [0.717, 1.165) is 0 Å². The molecule has 0 radical (unpaired) electrons. The van der Waals surface area contributed by atoms with Gasteiger partial charge in [0.15, 0.2) is 0 Å². The zero-order chi connectivity index (χ0) is 7.28. The SMILES string of the molecule is CC(I)C(=O)NCC#N. The van der Waals surface area contributed by atoms with Crippen molar-refractivity contribution in [2.75, 3.05) is 6.54 Å². The minimum atomic E-state index is -0.0860. The second-order valence-electron chi connectivity index (χ2n) is 1.49. The van der Waals surface area contributed by atoms with Crippen LogP contribution in [-0.2, 0) is 4.79 Å². The van der Waals surface area contributed by atoms with Crippen molar-refractivity contribution in [1.29, 1.82) is 5.26 Å². The second-order valence-corrected chi connectivity index (χ2v) is 3.36. The van der Waals surface area contributed by atoms with E-state index in [2.05, 4.69) is 5.32 Å². The number of hydrogen-bond donors (Lipinski definition) is 1. The van der Waals surface area contributed by atoms with E-state index in [4.69, 9.17) is 5.26 Å². The third-order valence-corrected chi connectivity index (χ3v) is 1.27. The Kier molecular flexibility index (Phi) is 4.40. The highest BCUT2D eigenvalue weighted by molar-refractivity contribution is 14.1. The second kappa shape index (κ2) is 4.56. The van der Waals surface area contributed by atoms with Gasteiger partial charge in [0.25, 0.3) is 0 Å². The summed E-state index contributed by atoms with van der Waals surface area (Å²) in [5, 5.41) is 10.5. The van der Waals surface area contributed by atoms with Gasteiger partial charge in [-0.1, -0.05) is 22.6 Å². The Hall–Kier alpha value is -0.310. The molecule has 0 aliphatic carbocycles. The summed E-state index contributed by atoms with van der Waals surface area (Å²) >= 11 is 1.99. The van der Waals surface area contributed by atoms with Crippen LogP contribution in [0.15, 0.2) is 0 Å². The van der Waals surface area contributed by atoms with E-state index in [9.17, 15) is 4.79 Å². The molecule has 1 N–H and O–H groups in total. The van der Waals surface area contributed by atoms with E-state index in [1.54, 1.807) is 6.92 Å². The number of nitrogens with one attached hydrogen (secondary N) is 1. The van der Waals surface area contributed by atoms with Crippen molar-refractivity contribution >= 4 is 28.5 Å². The van der Waals surface area contributed by atoms with Crippen molar-refractivity contribution in [3.05, 3.63) is 0 Å². The fraction of sp³-hybridized carbons (Fsp3) is 0.600. The quantitative estimate of drug-likeness (QED) is 0.431. The molecule has 0 aromatic heterocycles. The molecule has 0 aliphatic heterocycles. The lowest BCUT2D eigenvalue weighted by atomic mass is 10.4. The molecule has 1 atom stereocenters. The summed E-state index contributed by atoms with van der Waals surface area (Å²) in [5.41, 5.74) is 0. The van der Waals surface area contributed by atoms with Crippen LogP contribution in [0.3, 0.4) is 0 Å². The number of amides is 1. The number of halogens is 1. The fourth-order valence-corrected chi connectivity index (χ4v) is 0.487. The molecule has 0 bridgehead atoms. The lowest BCUT2D eigenvalue weighted by molar-refractivity contribution is -0.119. The smallest absolute Gasteiger partial charge is 0.233 e. The molecule has 1 amide bonds. The molecule has 0 spiro atoms. The van der Waals surface area contributed by atoms with Gasteiger partial charge in [0.1, 0.15) is 6.54 Å². The molecule has 0 heterocycles. The van der Waals surface area contributed by atoms with Gasteiger partial charge in [-0.3, -0.25) is 4.79 Å². The molecule has 9 heavy (non-hydrogen) atoms. The summed E-state index contributed by atoms with van der Waals surface area (Å²) in [5.74, 6) is -0.0860. The highest BCUT2D eigenvalue weighted by Gasteiger charge is 2.05. The third kappa shape index (κ3) is 4.21. The molecule has 0 saturated heterocycles. The van der Waals surface area contributed by atoms with Crippen molar-refractivity contribution in [3.63, 3.8) is 0 Å². The molecule has 50 valence electrons. The van der Waals surface area contributed by atoms with E-state index in [0.29, 0.717) is 0 Å². The first-order valence-electron chi connectivity index (χ1n) is 2.47. The Balaban J connectivity index is 3.42. The largest absolute Gasteiger partial charge is 0.342 e. The summed E-state index contributed by atoms with van der Waals surface area (Å²) in [6.45, 7) is 1.87. The predicted octanol–water partition coefficient (Wildman–Crippen LogP) is 0.450. The fourth-order valence-electron chi connectivity index (χ4n) is 0.267. The van der Waals surface area contributed by atoms with E-state index < -0.39 is 0 Å². The maximum Gasteiger partial charge on any atom is 0.233 e. The number of carbonyl (C=O) groups is 1. The monoisotopic (exact) mass is 238 g/mol. The number of hydrogen-bond acceptors (Lipinski definition) is 2. The normalized spacial score (nSPS) is 11.7. The van der Waals surface area contributed by atoms with E-state index >= 15 is 0 Å². The van der Waals surface area contributed by atoms with Crippen molar-refractivity contribution in [2.45, 2.75) is 10.8 Å². The van der Waals surface area contributed by atoms with E-state index in [1.807, 2.05) is 28.7 Å². The molecular formula is C5H7IN2O. The maximum atomic E-state index is 10.6. The van der Waals surface area contributed by atoms with Crippen LogP contribution in [0.1, 0.15) is 6.92 Å². The van der Waals surface area contributed by atoms with Crippen molar-refractivity contribution < 1.29 is 4.79 Å². The van der Waals surface area contributed by atoms with Gasteiger partial charge >= 0.3 is 0 Å². The lowest BCUT2D eigenvalue weighted by Crippen LogP contribution is -2.29. The summed E-state index contributed by atoms with van der Waals surface area (Å²) in [4.78, 5) is 10.6. The maximum absolute atomic E-state index is 10.6. The molecule has 0 aliphatic rings. The van der Waals surface area contributed by atoms with Crippen LogP contribution in [-0.4, -0.2) is 16.4 Å². The minimum Gasteiger partial charge on any atom is -0.342 e. The lowest BCUT2D eigenvalue weighted by Gasteiger charge is -1.99. The standard InChI is InChI=1S/C5H7IN2O/c1-4(6)5(9)8-3-2-7/h4H,3H2,1H3,(H,8,9). The molecule has 0 saturated carbocycles. The van der Waals surface area contributed by atoms with Gasteiger partial charge in [-0.25, -0.2) is 0 Å². The number of nitrogens with zero attached hydrogens (tertiary/aromatic N) is 1. The van der Waals surface area contributed by atoms with Crippen molar-refractivity contribution in [1.82, 2.24) is 5.32 Å². The molecule has 4 heteroatoms. The summed E-state index contributed by atoms with van der Waals surface area (Å²) < 4.78 is -0.0593. The minimum absolute atomic E-state index is 0.0593. The van der Waals surface area contributed by atoms with Crippen molar-refractivity contribution in [3.8, 4) is 6.07 Å². The van der Waals surface area contributed by atoms with Crippen LogP contribution in [0.2, 0.25) is 0 Å². The van der Waals surface area contributed by atoms with Gasteiger partial charge in [-0.15, -0.1) is 0 Å². The van der Waals surface area contributed by atoms with Gasteiger partial charge in [-0.05, 0) is 6.92 Å². The van der Waals surface area contributed by atoms with E-state index in [-0.39, 0.29) is 16.4 Å². The molecule has 1 unspecified atom stereocenters. The summed E-state index contributed by atoms with van der Waals surface area (Å²) in [6.07, 6.45) is 0. The van der Waals surface area contributed by atoms with Crippen molar-refractivity contribution in [2.24, 2.45) is 0 Å². The number of nitriles is 1. The first-order chi connectivity index (χ1) is 4.18. The van der Waals surface area contributed by atoms with Gasteiger partial charge in [0, 0.05) is 0 Å². The average molecular weight is 238 g/mol. The Morgan fingerprint density at radius 3 is 2.89 bits per heavy atom. The van der Waals surface area contributed by atoms with Gasteiger partial charge in [0.2, 0.25) is 5.91 Å². The summed E-state index contributed by atoms with van der Waals surface area (Å²) in [7, 11) is 0. The van der Waals surface area contributed by atoms with Crippen LogP contribution in [0, 0.1) is 11.3 Å². The third-order valence-electron chi connectivity index (χ3n) is 0.703. The molecule has 0 fully saturated rings. The Morgan fingerprint density at radius 1 is 2.00 bits per heavy atom. The number of carbonyl (C=O) groups excluding carboxylic acids is 1. The zero-order valence-corrected chi connectivity index (χ0v) is 7.18. The molecule has 0 aromatic carbocycles. The van der Waals surface area contributed by atoms with Gasteiger partial charge in [-0.2, -0.15) is 5.26 Å². The molecule has 3 nitrogen and oxygen atoms in total. The van der Waals surface area contributed by atoms with Gasteiger partial charge in [0.05, 0.1) is 9.99 Å². The topological polar surface area (TPSA) is 52.9 Å². The highest BCUT2D eigenvalue weighted by atomic mass is 127. The van der Waals surface area contributed by atoms with Crippen LogP contribution >= 0.6 is 22.6 Å². The first-order valence-corrected chi connectivity index (χ1v) is 3.71. The molecule has 0 aromatic rings. The average Bonchev–Trinajstić information content (AvgIpc) is 1.82. The molecule has 0 rings (SSSR count). The Labute approximate surface area is 67.6 Å². The molecular weight excluding hydrogens is 231 g/mol.